The van der Waals surface area contributed by atoms with Gasteiger partial charge in [-0.3, -0.25) is 4.98 Å². The Hall–Kier alpha value is -6.85. The van der Waals surface area contributed by atoms with Gasteiger partial charge >= 0.3 is 0 Å². The highest BCUT2D eigenvalue weighted by molar-refractivity contribution is 6.21. The number of aromatic nitrogens is 5. The highest BCUT2D eigenvalue weighted by atomic mass is 15.0. The van der Waals surface area contributed by atoms with E-state index < -0.39 is 0 Å². The normalized spacial score (nSPS) is 11.6. The van der Waals surface area contributed by atoms with Crippen LogP contribution >= 0.6 is 0 Å². The molecule has 0 aliphatic carbocycles. The molecule has 10 rings (SSSR count). The number of rotatable bonds is 5. The van der Waals surface area contributed by atoms with Crippen molar-refractivity contribution in [3.63, 3.8) is 0 Å². The number of fused-ring (bicyclic) bond motifs is 6. The summed E-state index contributed by atoms with van der Waals surface area (Å²) in [5, 5.41) is 4.60. The quantitative estimate of drug-likeness (QED) is 0.188. The molecular weight excluding hydrogens is 611 g/mol. The first-order valence-corrected chi connectivity index (χ1v) is 16.8. The summed E-state index contributed by atoms with van der Waals surface area (Å²) in [4.78, 5) is 14.9. The van der Waals surface area contributed by atoms with Crippen LogP contribution in [0.1, 0.15) is 0 Å². The van der Waals surface area contributed by atoms with Crippen LogP contribution in [0.5, 0.6) is 0 Å². The molecule has 0 aliphatic rings. The number of para-hydroxylation sites is 3. The monoisotopic (exact) mass is 639 g/mol. The first-order chi connectivity index (χ1) is 24.8. The van der Waals surface area contributed by atoms with Crippen LogP contribution in [0.2, 0.25) is 0 Å². The maximum atomic E-state index is 5.26. The lowest BCUT2D eigenvalue weighted by atomic mass is 10.0. The Labute approximate surface area is 288 Å². The van der Waals surface area contributed by atoms with Crippen molar-refractivity contribution in [3.8, 4) is 45.3 Å². The lowest BCUT2D eigenvalue weighted by molar-refractivity contribution is 1.13. The van der Waals surface area contributed by atoms with Gasteiger partial charge in [-0.1, -0.05) is 84.9 Å². The van der Waals surface area contributed by atoms with Gasteiger partial charge in [-0.15, -0.1) is 0 Å². The van der Waals surface area contributed by atoms with Crippen molar-refractivity contribution in [2.24, 2.45) is 0 Å². The van der Waals surface area contributed by atoms with Gasteiger partial charge in [-0.05, 0) is 78.9 Å². The van der Waals surface area contributed by atoms with Crippen LogP contribution in [0.4, 0.5) is 0 Å². The van der Waals surface area contributed by atoms with Crippen molar-refractivity contribution in [1.82, 2.24) is 24.1 Å². The van der Waals surface area contributed by atoms with Crippen molar-refractivity contribution in [1.29, 1.82) is 0 Å². The van der Waals surface area contributed by atoms with Crippen LogP contribution in [-0.2, 0) is 0 Å². The van der Waals surface area contributed by atoms with Crippen LogP contribution < -0.4 is 0 Å². The summed E-state index contributed by atoms with van der Waals surface area (Å²) >= 11 is 0. The maximum Gasteiger partial charge on any atom is 0.160 e. The van der Waals surface area contributed by atoms with Crippen LogP contribution in [0.25, 0.3) is 88.9 Å². The molecule has 0 atom stereocenters. The third kappa shape index (κ3) is 4.52. The van der Waals surface area contributed by atoms with Crippen LogP contribution in [-0.4, -0.2) is 24.1 Å². The average Bonchev–Trinajstić information content (AvgIpc) is 3.78. The molecule has 234 valence electrons. The van der Waals surface area contributed by atoms with Crippen molar-refractivity contribution in [2.45, 2.75) is 0 Å². The zero-order valence-corrected chi connectivity index (χ0v) is 27.0. The third-order valence-corrected chi connectivity index (χ3v) is 9.63. The first-order valence-electron chi connectivity index (χ1n) is 16.8. The van der Waals surface area contributed by atoms with E-state index in [1.807, 2.05) is 30.5 Å². The Morgan fingerprint density at radius 1 is 0.440 bits per heavy atom. The van der Waals surface area contributed by atoms with Crippen LogP contribution in [0.3, 0.4) is 0 Å². The molecule has 5 nitrogen and oxygen atoms in total. The maximum absolute atomic E-state index is 5.26. The molecule has 0 spiro atoms. The molecule has 0 saturated carbocycles. The van der Waals surface area contributed by atoms with E-state index in [1.54, 1.807) is 0 Å². The standard InChI is InChI=1S/C45H29N5/c1-3-11-33(12-4-1)49-28-26-36-40(49)24-25-42-43(36)37-29-32(22-23-41(37)50(42)34-13-5-2-6-14-34)45-47-39-17-8-7-15-35(39)44(48-45)31-20-18-30(19-21-31)38-16-9-10-27-46-38/h1-29H. The first kappa shape index (κ1) is 28.2. The van der Waals surface area contributed by atoms with Gasteiger partial charge in [0, 0.05) is 62.0 Å². The summed E-state index contributed by atoms with van der Waals surface area (Å²) in [5.41, 5.74) is 11.6. The van der Waals surface area contributed by atoms with Crippen molar-refractivity contribution in [3.05, 3.63) is 176 Å². The van der Waals surface area contributed by atoms with Gasteiger partial charge in [0.1, 0.15) is 0 Å². The van der Waals surface area contributed by atoms with E-state index in [-0.39, 0.29) is 0 Å². The largest absolute Gasteiger partial charge is 0.317 e. The zero-order chi connectivity index (χ0) is 33.0. The molecule has 10 aromatic rings. The van der Waals surface area contributed by atoms with E-state index in [9.17, 15) is 0 Å². The second kappa shape index (κ2) is 11.4. The Morgan fingerprint density at radius 3 is 1.92 bits per heavy atom. The fraction of sp³-hybridized carbons (Fsp3) is 0. The van der Waals surface area contributed by atoms with E-state index in [0.29, 0.717) is 5.82 Å². The summed E-state index contributed by atoms with van der Waals surface area (Å²) in [7, 11) is 0. The molecule has 0 N–H and O–H groups in total. The summed E-state index contributed by atoms with van der Waals surface area (Å²) in [6, 6.07) is 57.2. The minimum atomic E-state index is 0.698. The van der Waals surface area contributed by atoms with Gasteiger partial charge in [0.05, 0.1) is 33.5 Å². The fourth-order valence-corrected chi connectivity index (χ4v) is 7.30. The van der Waals surface area contributed by atoms with Gasteiger partial charge in [0.25, 0.3) is 0 Å². The second-order valence-electron chi connectivity index (χ2n) is 12.5. The molecule has 4 heterocycles. The fourth-order valence-electron chi connectivity index (χ4n) is 7.30. The van der Waals surface area contributed by atoms with E-state index in [4.69, 9.17) is 9.97 Å². The minimum absolute atomic E-state index is 0.698. The van der Waals surface area contributed by atoms with E-state index in [2.05, 4.69) is 160 Å². The van der Waals surface area contributed by atoms with Crippen molar-refractivity contribution in [2.75, 3.05) is 0 Å². The third-order valence-electron chi connectivity index (χ3n) is 9.63. The van der Waals surface area contributed by atoms with Crippen LogP contribution in [0, 0.1) is 0 Å². The van der Waals surface area contributed by atoms with Crippen LogP contribution in [0.15, 0.2) is 176 Å². The zero-order valence-electron chi connectivity index (χ0n) is 27.0. The number of hydrogen-bond acceptors (Lipinski definition) is 3. The molecule has 4 aromatic heterocycles. The smallest absolute Gasteiger partial charge is 0.160 e. The van der Waals surface area contributed by atoms with E-state index in [1.165, 1.54) is 16.3 Å². The molecule has 0 fully saturated rings. The highest BCUT2D eigenvalue weighted by Crippen LogP contribution is 2.40. The summed E-state index contributed by atoms with van der Waals surface area (Å²) in [6.07, 6.45) is 4.00. The highest BCUT2D eigenvalue weighted by Gasteiger charge is 2.19. The molecular formula is C45H29N5. The van der Waals surface area contributed by atoms with Crippen molar-refractivity contribution < 1.29 is 0 Å². The molecule has 5 heteroatoms. The Morgan fingerprint density at radius 2 is 1.12 bits per heavy atom. The Kier molecular flexibility index (Phi) is 6.42. The number of hydrogen-bond donors (Lipinski definition) is 0. The summed E-state index contributed by atoms with van der Waals surface area (Å²) < 4.78 is 4.63. The predicted octanol–water partition coefficient (Wildman–Crippen LogP) is 11.1. The Bertz CT molecular complexity index is 2840. The number of nitrogens with zero attached hydrogens (tertiary/aromatic N) is 5. The minimum Gasteiger partial charge on any atom is -0.317 e. The molecule has 6 aromatic carbocycles. The number of benzene rings is 6. The number of pyridine rings is 1. The molecule has 0 aliphatic heterocycles. The molecule has 0 bridgehead atoms. The van der Waals surface area contributed by atoms with Gasteiger partial charge < -0.3 is 9.13 Å². The summed E-state index contributed by atoms with van der Waals surface area (Å²) in [5.74, 6) is 0.698. The lowest BCUT2D eigenvalue weighted by Gasteiger charge is -2.11. The SMILES string of the molecule is c1ccc(-n2ccc3c4c5cc(-c6nc(-c7ccc(-c8ccccn8)cc7)c7ccccc7n6)ccc5n(-c5ccccc5)c4ccc32)cc1. The van der Waals surface area contributed by atoms with Crippen molar-refractivity contribution >= 4 is 43.6 Å². The van der Waals surface area contributed by atoms with Gasteiger partial charge in [0.2, 0.25) is 0 Å². The van der Waals surface area contributed by atoms with E-state index >= 15 is 0 Å². The average molecular weight is 640 g/mol. The predicted molar refractivity (Wildman–Crippen MR) is 205 cm³/mol. The second-order valence-corrected chi connectivity index (χ2v) is 12.5. The van der Waals surface area contributed by atoms with Gasteiger partial charge in [-0.2, -0.15) is 0 Å². The van der Waals surface area contributed by atoms with Gasteiger partial charge in [0.15, 0.2) is 5.82 Å². The molecule has 0 saturated heterocycles. The molecule has 0 amide bonds. The van der Waals surface area contributed by atoms with E-state index in [0.717, 1.165) is 66.8 Å². The van der Waals surface area contributed by atoms with Gasteiger partial charge in [-0.25, -0.2) is 9.97 Å². The molecule has 0 radical (unpaired) electrons. The Balaban J connectivity index is 1.19. The topological polar surface area (TPSA) is 48.5 Å². The summed E-state index contributed by atoms with van der Waals surface area (Å²) in [6.45, 7) is 0. The molecule has 50 heavy (non-hydrogen) atoms. The molecule has 0 unspecified atom stereocenters. The lowest BCUT2D eigenvalue weighted by Crippen LogP contribution is -1.96.